The summed E-state index contributed by atoms with van der Waals surface area (Å²) in [6.07, 6.45) is 0. The lowest BCUT2D eigenvalue weighted by molar-refractivity contribution is -0.114. The summed E-state index contributed by atoms with van der Waals surface area (Å²) in [6.45, 7) is 1.80. The van der Waals surface area contributed by atoms with Crippen molar-refractivity contribution in [2.75, 3.05) is 24.3 Å². The van der Waals surface area contributed by atoms with E-state index in [4.69, 9.17) is 22.1 Å². The Morgan fingerprint density at radius 3 is 2.62 bits per heavy atom. The normalized spacial score (nSPS) is 10.1. The number of hydrogen-bond donors (Lipinski definition) is 3. The third-order valence-electron chi connectivity index (χ3n) is 3.47. The number of rotatable bonds is 6. The fourth-order valence-corrected chi connectivity index (χ4v) is 2.48. The Bertz CT molecular complexity index is 778. The highest BCUT2D eigenvalue weighted by Crippen LogP contribution is 2.27. The van der Waals surface area contributed by atoms with Gasteiger partial charge in [0.25, 0.3) is 0 Å². The summed E-state index contributed by atoms with van der Waals surface area (Å²) in [7, 11) is 1.52. The van der Waals surface area contributed by atoms with Crippen molar-refractivity contribution in [3.8, 4) is 5.75 Å². The van der Waals surface area contributed by atoms with Crippen LogP contribution in [0.5, 0.6) is 5.75 Å². The second-order valence-electron chi connectivity index (χ2n) is 5.09. The molecule has 6 nitrogen and oxygen atoms in total. The number of carbonyl (C=O) groups is 2. The maximum absolute atomic E-state index is 12.0. The third kappa shape index (κ3) is 4.17. The maximum Gasteiger partial charge on any atom is 0.249 e. The monoisotopic (exact) mass is 347 g/mol. The molecule has 0 saturated carbocycles. The summed E-state index contributed by atoms with van der Waals surface area (Å²) in [4.78, 5) is 23.4. The fourth-order valence-electron chi connectivity index (χ4n) is 2.22. The van der Waals surface area contributed by atoms with Crippen LogP contribution in [0.15, 0.2) is 36.4 Å². The number of carbonyl (C=O) groups excluding carboxylic acids is 2. The Morgan fingerprint density at radius 2 is 2.00 bits per heavy atom. The molecule has 0 bridgehead atoms. The zero-order chi connectivity index (χ0) is 17.7. The minimum absolute atomic E-state index is 0.0344. The van der Waals surface area contributed by atoms with Gasteiger partial charge in [-0.25, -0.2) is 0 Å². The van der Waals surface area contributed by atoms with Gasteiger partial charge in [-0.05, 0) is 42.8 Å². The van der Waals surface area contributed by atoms with Crippen LogP contribution in [-0.2, 0) is 4.79 Å². The van der Waals surface area contributed by atoms with E-state index in [0.717, 1.165) is 0 Å². The number of benzene rings is 2. The van der Waals surface area contributed by atoms with Crippen molar-refractivity contribution in [2.45, 2.75) is 6.92 Å². The van der Waals surface area contributed by atoms with Crippen molar-refractivity contribution in [1.82, 2.24) is 0 Å². The lowest BCUT2D eigenvalue weighted by Gasteiger charge is -2.12. The van der Waals surface area contributed by atoms with Crippen molar-refractivity contribution >= 4 is 34.8 Å². The van der Waals surface area contributed by atoms with Crippen molar-refractivity contribution in [3.05, 3.63) is 52.5 Å². The second kappa shape index (κ2) is 7.70. The molecule has 2 aromatic carbocycles. The molecule has 2 aromatic rings. The van der Waals surface area contributed by atoms with Crippen LogP contribution in [0, 0.1) is 6.92 Å². The predicted octanol–water partition coefficient (Wildman–Crippen LogP) is 2.81. The molecule has 0 spiro atoms. The first kappa shape index (κ1) is 17.6. The molecule has 4 N–H and O–H groups in total. The average molecular weight is 348 g/mol. The molecule has 2 rings (SSSR count). The van der Waals surface area contributed by atoms with Gasteiger partial charge >= 0.3 is 0 Å². The number of methoxy groups -OCH3 is 1. The Balaban J connectivity index is 2.00. The Hall–Kier alpha value is -2.73. The molecular formula is C17H18ClN3O3. The summed E-state index contributed by atoms with van der Waals surface area (Å²) in [5, 5.41) is 6.13. The molecule has 0 aliphatic heterocycles. The van der Waals surface area contributed by atoms with E-state index in [1.807, 2.05) is 0 Å². The number of nitrogens with one attached hydrogen (secondary N) is 2. The molecule has 0 heterocycles. The molecule has 0 aromatic heterocycles. The van der Waals surface area contributed by atoms with Gasteiger partial charge in [-0.3, -0.25) is 9.59 Å². The van der Waals surface area contributed by atoms with Crippen LogP contribution >= 0.6 is 11.6 Å². The van der Waals surface area contributed by atoms with Crippen LogP contribution in [0.3, 0.4) is 0 Å². The van der Waals surface area contributed by atoms with Crippen LogP contribution in [0.1, 0.15) is 15.9 Å². The van der Waals surface area contributed by atoms with E-state index in [1.165, 1.54) is 7.11 Å². The lowest BCUT2D eigenvalue weighted by atomic mass is 10.1. The maximum atomic E-state index is 12.0. The van der Waals surface area contributed by atoms with Gasteiger partial charge in [0.1, 0.15) is 5.75 Å². The van der Waals surface area contributed by atoms with Gasteiger partial charge in [0.05, 0.1) is 18.7 Å². The van der Waals surface area contributed by atoms with Crippen LogP contribution in [-0.4, -0.2) is 25.5 Å². The molecule has 0 unspecified atom stereocenters. The largest absolute Gasteiger partial charge is 0.495 e. The smallest absolute Gasteiger partial charge is 0.249 e. The summed E-state index contributed by atoms with van der Waals surface area (Å²) < 4.78 is 5.06. The van der Waals surface area contributed by atoms with Gasteiger partial charge in [0.2, 0.25) is 11.8 Å². The molecule has 0 aliphatic rings. The number of halogens is 1. The number of ether oxygens (including phenoxy) is 1. The Labute approximate surface area is 144 Å². The number of anilines is 2. The zero-order valence-corrected chi connectivity index (χ0v) is 14.1. The molecule has 0 aliphatic carbocycles. The van der Waals surface area contributed by atoms with Crippen molar-refractivity contribution in [1.29, 1.82) is 0 Å². The first-order valence-corrected chi connectivity index (χ1v) is 7.57. The summed E-state index contributed by atoms with van der Waals surface area (Å²) in [5.41, 5.74) is 7.67. The predicted molar refractivity (Wildman–Crippen MR) is 94.8 cm³/mol. The average Bonchev–Trinajstić information content (AvgIpc) is 2.54. The van der Waals surface area contributed by atoms with Gasteiger partial charge in [-0.2, -0.15) is 0 Å². The van der Waals surface area contributed by atoms with Crippen LogP contribution in [0.2, 0.25) is 5.02 Å². The second-order valence-corrected chi connectivity index (χ2v) is 5.50. The Morgan fingerprint density at radius 1 is 1.25 bits per heavy atom. The molecule has 126 valence electrons. The van der Waals surface area contributed by atoms with E-state index in [0.29, 0.717) is 33.3 Å². The zero-order valence-electron chi connectivity index (χ0n) is 13.4. The number of amides is 2. The molecule has 0 saturated heterocycles. The highest BCUT2D eigenvalue weighted by molar-refractivity contribution is 6.32. The number of hydrogen-bond acceptors (Lipinski definition) is 4. The lowest BCUT2D eigenvalue weighted by Crippen LogP contribution is -2.22. The van der Waals surface area contributed by atoms with Crippen LogP contribution < -0.4 is 21.1 Å². The molecule has 24 heavy (non-hydrogen) atoms. The summed E-state index contributed by atoms with van der Waals surface area (Å²) in [5.74, 6) is -0.222. The van der Waals surface area contributed by atoms with E-state index in [1.54, 1.807) is 43.3 Å². The fraction of sp³-hybridized carbons (Fsp3) is 0.176. The highest BCUT2D eigenvalue weighted by Gasteiger charge is 2.10. The van der Waals surface area contributed by atoms with Gasteiger partial charge in [-0.1, -0.05) is 17.7 Å². The quantitative estimate of drug-likeness (QED) is 0.749. The minimum Gasteiger partial charge on any atom is -0.495 e. The number of nitrogens with two attached hydrogens (primary N) is 1. The first-order chi connectivity index (χ1) is 11.4. The van der Waals surface area contributed by atoms with Gasteiger partial charge < -0.3 is 21.1 Å². The Kier molecular flexibility index (Phi) is 5.65. The van der Waals surface area contributed by atoms with E-state index in [2.05, 4.69) is 10.6 Å². The molecule has 0 fully saturated rings. The molecule has 0 atom stereocenters. The SMILES string of the molecule is COc1ccc(NC(=O)CNc2cccc(C(N)=O)c2C)cc1Cl. The van der Waals surface area contributed by atoms with Gasteiger partial charge in [0.15, 0.2) is 0 Å². The topological polar surface area (TPSA) is 93.4 Å². The van der Waals surface area contributed by atoms with E-state index < -0.39 is 5.91 Å². The van der Waals surface area contributed by atoms with Gasteiger partial charge in [0, 0.05) is 16.9 Å². The van der Waals surface area contributed by atoms with Gasteiger partial charge in [-0.15, -0.1) is 0 Å². The van der Waals surface area contributed by atoms with Crippen LogP contribution in [0.4, 0.5) is 11.4 Å². The van der Waals surface area contributed by atoms with Crippen molar-refractivity contribution in [3.63, 3.8) is 0 Å². The first-order valence-electron chi connectivity index (χ1n) is 7.19. The molecule has 7 heteroatoms. The van der Waals surface area contributed by atoms with E-state index in [9.17, 15) is 9.59 Å². The minimum atomic E-state index is -0.506. The van der Waals surface area contributed by atoms with Crippen molar-refractivity contribution < 1.29 is 14.3 Å². The summed E-state index contributed by atoms with van der Waals surface area (Å²) in [6, 6.07) is 10.1. The molecular weight excluding hydrogens is 330 g/mol. The van der Waals surface area contributed by atoms with Crippen LogP contribution in [0.25, 0.3) is 0 Å². The van der Waals surface area contributed by atoms with Crippen molar-refractivity contribution in [2.24, 2.45) is 5.73 Å². The molecule has 0 radical (unpaired) electrons. The van der Waals surface area contributed by atoms with E-state index >= 15 is 0 Å². The number of primary amides is 1. The highest BCUT2D eigenvalue weighted by atomic mass is 35.5. The standard InChI is InChI=1S/C17H18ClN3O3/c1-10-12(17(19)23)4-3-5-14(10)20-9-16(22)21-11-6-7-15(24-2)13(18)8-11/h3-8,20H,9H2,1-2H3,(H2,19,23)(H,21,22). The molecule has 2 amide bonds. The summed E-state index contributed by atoms with van der Waals surface area (Å²) >= 11 is 6.02. The van der Waals surface area contributed by atoms with E-state index in [-0.39, 0.29) is 12.5 Å². The third-order valence-corrected chi connectivity index (χ3v) is 3.77.